The van der Waals surface area contributed by atoms with Crippen LogP contribution in [0.5, 0.6) is 11.5 Å². The molecular formula is C21H21FN2O4S. The molecule has 1 fully saturated rings. The van der Waals surface area contributed by atoms with E-state index in [4.69, 9.17) is 9.47 Å². The van der Waals surface area contributed by atoms with E-state index in [1.165, 1.54) is 23.9 Å². The smallest absolute Gasteiger partial charge is 0.247 e. The van der Waals surface area contributed by atoms with E-state index in [1.54, 1.807) is 30.3 Å². The van der Waals surface area contributed by atoms with Crippen molar-refractivity contribution in [1.29, 1.82) is 0 Å². The Morgan fingerprint density at radius 2 is 1.90 bits per heavy atom. The van der Waals surface area contributed by atoms with Gasteiger partial charge in [-0.3, -0.25) is 9.59 Å². The van der Waals surface area contributed by atoms with Gasteiger partial charge in [0.15, 0.2) is 11.5 Å². The summed E-state index contributed by atoms with van der Waals surface area (Å²) in [5.41, 5.74) is 1.47. The molecule has 2 aromatic carbocycles. The number of nitrogens with one attached hydrogen (secondary N) is 2. The lowest BCUT2D eigenvalue weighted by molar-refractivity contribution is -0.126. The molecule has 6 nitrogen and oxygen atoms in total. The molecule has 0 aromatic heterocycles. The summed E-state index contributed by atoms with van der Waals surface area (Å²) < 4.78 is 24.3. The van der Waals surface area contributed by atoms with E-state index in [-0.39, 0.29) is 22.9 Å². The number of hydrogen-bond acceptors (Lipinski definition) is 5. The standard InChI is InChI=1S/C21H21FN2O4S/c22-14-4-2-13(3-5-14)10-19-21(26)24-16(12-29-19)20(25)23-15-6-7-17-18(11-15)28-9-1-8-27-17/h2-7,11,16,19H,1,8-10,12H2,(H,23,25)(H,24,26)/t16-,19-/m1/s1. The van der Waals surface area contributed by atoms with Crippen molar-refractivity contribution in [2.75, 3.05) is 24.3 Å². The zero-order valence-electron chi connectivity index (χ0n) is 15.7. The summed E-state index contributed by atoms with van der Waals surface area (Å²) in [6.07, 6.45) is 1.30. The van der Waals surface area contributed by atoms with Crippen LogP contribution in [-0.4, -0.2) is 42.1 Å². The van der Waals surface area contributed by atoms with E-state index in [0.717, 1.165) is 12.0 Å². The first-order valence-corrected chi connectivity index (χ1v) is 10.5. The molecule has 2 N–H and O–H groups in total. The van der Waals surface area contributed by atoms with Crippen molar-refractivity contribution in [2.45, 2.75) is 24.1 Å². The van der Waals surface area contributed by atoms with Crippen molar-refractivity contribution in [2.24, 2.45) is 0 Å². The number of amides is 2. The Kier molecular flexibility index (Phi) is 5.89. The van der Waals surface area contributed by atoms with Crippen LogP contribution < -0.4 is 20.1 Å². The van der Waals surface area contributed by atoms with Gasteiger partial charge in [-0.15, -0.1) is 11.8 Å². The highest BCUT2D eigenvalue weighted by molar-refractivity contribution is 8.00. The van der Waals surface area contributed by atoms with E-state index in [9.17, 15) is 14.0 Å². The summed E-state index contributed by atoms with van der Waals surface area (Å²) in [6, 6.07) is 10.7. The van der Waals surface area contributed by atoms with Crippen molar-refractivity contribution in [3.8, 4) is 11.5 Å². The van der Waals surface area contributed by atoms with E-state index in [1.807, 2.05) is 0 Å². The fourth-order valence-electron chi connectivity index (χ4n) is 3.19. The summed E-state index contributed by atoms with van der Waals surface area (Å²) in [4.78, 5) is 25.0. The lowest BCUT2D eigenvalue weighted by atomic mass is 10.1. The van der Waals surface area contributed by atoms with Gasteiger partial charge < -0.3 is 20.1 Å². The maximum absolute atomic E-state index is 13.0. The number of ether oxygens (including phenoxy) is 2. The van der Waals surface area contributed by atoms with Gasteiger partial charge in [-0.1, -0.05) is 12.1 Å². The number of carbonyl (C=O) groups is 2. The highest BCUT2D eigenvalue weighted by atomic mass is 32.2. The second-order valence-electron chi connectivity index (χ2n) is 6.91. The molecule has 0 bridgehead atoms. The first kappa shape index (κ1) is 19.6. The van der Waals surface area contributed by atoms with Crippen LogP contribution in [0.2, 0.25) is 0 Å². The van der Waals surface area contributed by atoms with Crippen LogP contribution in [0.25, 0.3) is 0 Å². The Morgan fingerprint density at radius 1 is 1.14 bits per heavy atom. The number of anilines is 1. The largest absolute Gasteiger partial charge is 0.490 e. The van der Waals surface area contributed by atoms with Gasteiger partial charge in [-0.25, -0.2) is 4.39 Å². The molecule has 0 spiro atoms. The van der Waals surface area contributed by atoms with Gasteiger partial charge in [0, 0.05) is 23.9 Å². The first-order chi connectivity index (χ1) is 14.1. The van der Waals surface area contributed by atoms with Gasteiger partial charge >= 0.3 is 0 Å². The third-order valence-corrected chi connectivity index (χ3v) is 6.05. The van der Waals surface area contributed by atoms with E-state index >= 15 is 0 Å². The SMILES string of the molecule is O=C(Nc1ccc2c(c1)OCCCO2)[C@H]1CS[C@H](Cc2ccc(F)cc2)C(=O)N1. The maximum atomic E-state index is 13.0. The molecule has 8 heteroatoms. The number of carbonyl (C=O) groups excluding carboxylic acids is 2. The van der Waals surface area contributed by atoms with Crippen LogP contribution in [0.3, 0.4) is 0 Å². The number of rotatable bonds is 4. The van der Waals surface area contributed by atoms with Crippen molar-refractivity contribution in [3.05, 3.63) is 53.8 Å². The maximum Gasteiger partial charge on any atom is 0.247 e. The Balaban J connectivity index is 1.34. The minimum absolute atomic E-state index is 0.190. The molecule has 2 aromatic rings. The van der Waals surface area contributed by atoms with Crippen molar-refractivity contribution in [1.82, 2.24) is 5.32 Å². The molecule has 2 amide bonds. The Labute approximate surface area is 172 Å². The molecule has 152 valence electrons. The third kappa shape index (κ3) is 4.82. The molecule has 0 aliphatic carbocycles. The van der Waals surface area contributed by atoms with Crippen LogP contribution >= 0.6 is 11.8 Å². The fourth-order valence-corrected chi connectivity index (χ4v) is 4.38. The zero-order chi connectivity index (χ0) is 20.2. The molecule has 2 heterocycles. The zero-order valence-corrected chi connectivity index (χ0v) is 16.5. The number of fused-ring (bicyclic) bond motifs is 1. The van der Waals surface area contributed by atoms with Crippen LogP contribution in [0, 0.1) is 5.82 Å². The Bertz CT molecular complexity index is 906. The minimum atomic E-state index is -0.618. The summed E-state index contributed by atoms with van der Waals surface area (Å²) in [5.74, 6) is 0.951. The first-order valence-electron chi connectivity index (χ1n) is 9.45. The molecule has 2 aliphatic rings. The lowest BCUT2D eigenvalue weighted by Gasteiger charge is -2.28. The minimum Gasteiger partial charge on any atom is -0.490 e. The summed E-state index contributed by atoms with van der Waals surface area (Å²) >= 11 is 1.43. The monoisotopic (exact) mass is 416 g/mol. The van der Waals surface area contributed by atoms with E-state index in [2.05, 4.69) is 10.6 Å². The molecule has 0 radical (unpaired) electrons. The van der Waals surface area contributed by atoms with Crippen LogP contribution in [0.4, 0.5) is 10.1 Å². The molecule has 1 saturated heterocycles. The average molecular weight is 416 g/mol. The van der Waals surface area contributed by atoms with E-state index < -0.39 is 6.04 Å². The lowest BCUT2D eigenvalue weighted by Crippen LogP contribution is -2.52. The van der Waals surface area contributed by atoms with Gasteiger partial charge in [-0.2, -0.15) is 0 Å². The Hall–Kier alpha value is -2.74. The molecule has 0 saturated carbocycles. The predicted octanol–water partition coefficient (Wildman–Crippen LogP) is 2.77. The van der Waals surface area contributed by atoms with Crippen LogP contribution in [0.15, 0.2) is 42.5 Å². The number of thioether (sulfide) groups is 1. The average Bonchev–Trinajstić information content (AvgIpc) is 2.96. The van der Waals surface area contributed by atoms with Crippen molar-refractivity contribution < 1.29 is 23.5 Å². The second-order valence-corrected chi connectivity index (χ2v) is 8.15. The van der Waals surface area contributed by atoms with Gasteiger partial charge in [0.2, 0.25) is 11.8 Å². The van der Waals surface area contributed by atoms with Crippen LogP contribution in [-0.2, 0) is 16.0 Å². The molecule has 2 atom stereocenters. The molecule has 29 heavy (non-hydrogen) atoms. The number of benzene rings is 2. The quantitative estimate of drug-likeness (QED) is 0.802. The van der Waals surface area contributed by atoms with Crippen molar-refractivity contribution >= 4 is 29.3 Å². The number of hydrogen-bond donors (Lipinski definition) is 2. The van der Waals surface area contributed by atoms with Gasteiger partial charge in [0.05, 0.1) is 18.5 Å². The van der Waals surface area contributed by atoms with Crippen molar-refractivity contribution in [3.63, 3.8) is 0 Å². The predicted molar refractivity (Wildman–Crippen MR) is 109 cm³/mol. The van der Waals surface area contributed by atoms with Crippen LogP contribution in [0.1, 0.15) is 12.0 Å². The van der Waals surface area contributed by atoms with Gasteiger partial charge in [0.25, 0.3) is 0 Å². The second kappa shape index (κ2) is 8.73. The summed E-state index contributed by atoms with van der Waals surface area (Å²) in [6.45, 7) is 1.16. The molecular weight excluding hydrogens is 395 g/mol. The van der Waals surface area contributed by atoms with E-state index in [0.29, 0.717) is 42.6 Å². The Morgan fingerprint density at radius 3 is 2.66 bits per heavy atom. The fraction of sp³-hybridized carbons (Fsp3) is 0.333. The topological polar surface area (TPSA) is 76.7 Å². The molecule has 2 aliphatic heterocycles. The highest BCUT2D eigenvalue weighted by Crippen LogP contribution is 2.32. The van der Waals surface area contributed by atoms with Gasteiger partial charge in [0.1, 0.15) is 11.9 Å². The normalized spacial score (nSPS) is 21.1. The summed E-state index contributed by atoms with van der Waals surface area (Å²) in [5, 5.41) is 5.31. The number of halogens is 1. The van der Waals surface area contributed by atoms with Gasteiger partial charge in [-0.05, 0) is 36.2 Å². The molecule has 0 unspecified atom stereocenters. The molecule has 4 rings (SSSR count). The summed E-state index contributed by atoms with van der Waals surface area (Å²) in [7, 11) is 0. The third-order valence-electron chi connectivity index (χ3n) is 4.74. The highest BCUT2D eigenvalue weighted by Gasteiger charge is 2.32.